The van der Waals surface area contributed by atoms with Gasteiger partial charge < -0.3 is 4.52 Å². The maximum Gasteiger partial charge on any atom is 0.261 e. The summed E-state index contributed by atoms with van der Waals surface area (Å²) in [5.41, 5.74) is 0. The fourth-order valence-corrected chi connectivity index (χ4v) is 1.63. The zero-order valence-corrected chi connectivity index (χ0v) is 8.62. The van der Waals surface area contributed by atoms with Crippen molar-refractivity contribution in [2.45, 2.75) is 4.90 Å². The summed E-state index contributed by atoms with van der Waals surface area (Å²) < 4.78 is 26.4. The Balaban J connectivity index is 3.20. The van der Waals surface area contributed by atoms with Crippen LogP contribution in [0.4, 0.5) is 0 Å². The second-order valence-corrected chi connectivity index (χ2v) is 4.83. The van der Waals surface area contributed by atoms with Gasteiger partial charge in [0.2, 0.25) is 0 Å². The summed E-state index contributed by atoms with van der Waals surface area (Å²) in [5, 5.41) is 0. The van der Waals surface area contributed by atoms with Crippen molar-refractivity contribution in [3.8, 4) is 5.75 Å². The van der Waals surface area contributed by atoms with Gasteiger partial charge in [0.15, 0.2) is 0 Å². The molecule has 0 spiro atoms. The van der Waals surface area contributed by atoms with Crippen LogP contribution in [0.1, 0.15) is 0 Å². The Kier molecular flexibility index (Phi) is 2.94. The standard InChI is InChI=1S/C6H6ClO3PS/c7-12(8,9)6-3-1-2-5(4-6)10-11/h1-4H,11H2. The normalized spacial score (nSPS) is 11.2. The maximum absolute atomic E-state index is 10.8. The minimum atomic E-state index is -3.65. The molecule has 1 unspecified atom stereocenters. The van der Waals surface area contributed by atoms with Gasteiger partial charge >= 0.3 is 0 Å². The van der Waals surface area contributed by atoms with E-state index < -0.39 is 9.05 Å². The molecular formula is C6H6ClO3PS. The van der Waals surface area contributed by atoms with Crippen LogP contribution in [0.15, 0.2) is 29.2 Å². The lowest BCUT2D eigenvalue weighted by atomic mass is 10.3. The van der Waals surface area contributed by atoms with E-state index in [9.17, 15) is 8.42 Å². The van der Waals surface area contributed by atoms with Crippen LogP contribution >= 0.6 is 20.1 Å². The minimum absolute atomic E-state index is 0.0316. The van der Waals surface area contributed by atoms with E-state index >= 15 is 0 Å². The SMILES string of the molecule is O=S(=O)(Cl)c1cccc(OP)c1. The molecule has 0 aromatic heterocycles. The number of hydrogen-bond acceptors (Lipinski definition) is 3. The Hall–Kier alpha value is -0.310. The van der Waals surface area contributed by atoms with E-state index in [0.717, 1.165) is 0 Å². The van der Waals surface area contributed by atoms with Gasteiger partial charge in [0, 0.05) is 16.7 Å². The molecule has 0 radical (unpaired) electrons. The van der Waals surface area contributed by atoms with Gasteiger partial charge in [-0.15, -0.1) is 0 Å². The fourth-order valence-electron chi connectivity index (χ4n) is 0.699. The molecule has 1 aromatic carbocycles. The lowest BCUT2D eigenvalue weighted by Crippen LogP contribution is -1.89. The highest BCUT2D eigenvalue weighted by atomic mass is 35.7. The van der Waals surface area contributed by atoms with Crippen LogP contribution in [0, 0.1) is 0 Å². The molecule has 6 heteroatoms. The molecular weight excluding hydrogens is 219 g/mol. The molecule has 1 aromatic rings. The number of rotatable bonds is 2. The van der Waals surface area contributed by atoms with Crippen molar-refractivity contribution in [3.05, 3.63) is 24.3 Å². The summed E-state index contributed by atoms with van der Waals surface area (Å²) >= 11 is 0. The molecule has 1 rings (SSSR count). The minimum Gasteiger partial charge on any atom is -0.480 e. The van der Waals surface area contributed by atoms with Crippen molar-refractivity contribution in [3.63, 3.8) is 0 Å². The van der Waals surface area contributed by atoms with Crippen LogP contribution in [0.3, 0.4) is 0 Å². The van der Waals surface area contributed by atoms with Gasteiger partial charge in [-0.25, -0.2) is 8.42 Å². The largest absolute Gasteiger partial charge is 0.480 e. The predicted octanol–water partition coefficient (Wildman–Crippen LogP) is 1.78. The van der Waals surface area contributed by atoms with Gasteiger partial charge in [-0.3, -0.25) is 0 Å². The first-order valence-corrected chi connectivity index (χ1v) is 5.73. The van der Waals surface area contributed by atoms with Crippen LogP contribution in [-0.2, 0) is 9.05 Å². The van der Waals surface area contributed by atoms with E-state index in [1.165, 1.54) is 12.1 Å². The third-order valence-corrected chi connectivity index (χ3v) is 2.85. The molecule has 66 valence electrons. The summed E-state index contributed by atoms with van der Waals surface area (Å²) in [6.07, 6.45) is 0. The van der Waals surface area contributed by atoms with Gasteiger partial charge in [-0.2, -0.15) is 0 Å². The van der Waals surface area contributed by atoms with E-state index in [4.69, 9.17) is 15.2 Å². The topological polar surface area (TPSA) is 43.4 Å². The van der Waals surface area contributed by atoms with E-state index in [2.05, 4.69) is 0 Å². The van der Waals surface area contributed by atoms with E-state index in [0.29, 0.717) is 5.75 Å². The highest BCUT2D eigenvalue weighted by molar-refractivity contribution is 8.13. The number of benzene rings is 1. The second kappa shape index (κ2) is 3.60. The highest BCUT2D eigenvalue weighted by Gasteiger charge is 2.09. The first-order chi connectivity index (χ1) is 5.54. The smallest absolute Gasteiger partial charge is 0.261 e. The Morgan fingerprint density at radius 2 is 2.08 bits per heavy atom. The van der Waals surface area contributed by atoms with Gasteiger partial charge in [-0.1, -0.05) is 6.07 Å². The molecule has 0 heterocycles. The van der Waals surface area contributed by atoms with Crippen molar-refractivity contribution >= 4 is 29.2 Å². The summed E-state index contributed by atoms with van der Waals surface area (Å²) in [6, 6.07) is 5.91. The fraction of sp³-hybridized carbons (Fsp3) is 0. The second-order valence-electron chi connectivity index (χ2n) is 2.03. The molecule has 0 N–H and O–H groups in total. The van der Waals surface area contributed by atoms with Crippen LogP contribution in [0.25, 0.3) is 0 Å². The van der Waals surface area contributed by atoms with Crippen LogP contribution in [0.2, 0.25) is 0 Å². The van der Waals surface area contributed by atoms with Crippen LogP contribution in [0.5, 0.6) is 5.75 Å². The zero-order chi connectivity index (χ0) is 9.19. The van der Waals surface area contributed by atoms with Crippen molar-refractivity contribution < 1.29 is 12.9 Å². The third kappa shape index (κ3) is 2.34. The monoisotopic (exact) mass is 224 g/mol. The van der Waals surface area contributed by atoms with Crippen molar-refractivity contribution in [1.82, 2.24) is 0 Å². The molecule has 0 fully saturated rings. The van der Waals surface area contributed by atoms with Crippen LogP contribution in [-0.4, -0.2) is 8.42 Å². The van der Waals surface area contributed by atoms with Crippen molar-refractivity contribution in [2.75, 3.05) is 0 Å². The quantitative estimate of drug-likeness (QED) is 0.568. The van der Waals surface area contributed by atoms with Gasteiger partial charge in [0.1, 0.15) is 5.75 Å². The zero-order valence-electron chi connectivity index (χ0n) is 5.90. The molecule has 0 saturated heterocycles. The molecule has 0 saturated carbocycles. The van der Waals surface area contributed by atoms with E-state index in [1.807, 2.05) is 9.47 Å². The van der Waals surface area contributed by atoms with Crippen molar-refractivity contribution in [1.29, 1.82) is 0 Å². The first kappa shape index (κ1) is 9.78. The molecule has 12 heavy (non-hydrogen) atoms. The summed E-state index contributed by atoms with van der Waals surface area (Å²) in [4.78, 5) is 0.0316. The average Bonchev–Trinajstić information content (AvgIpc) is 2.03. The molecule has 3 nitrogen and oxygen atoms in total. The van der Waals surface area contributed by atoms with Gasteiger partial charge in [0.05, 0.1) is 14.4 Å². The maximum atomic E-state index is 10.8. The Labute approximate surface area is 77.4 Å². The molecule has 0 bridgehead atoms. The molecule has 0 aliphatic heterocycles. The molecule has 0 aliphatic carbocycles. The lowest BCUT2D eigenvalue weighted by Gasteiger charge is -1.99. The van der Waals surface area contributed by atoms with Crippen LogP contribution < -0.4 is 4.52 Å². The third-order valence-electron chi connectivity index (χ3n) is 1.22. The van der Waals surface area contributed by atoms with E-state index in [-0.39, 0.29) is 4.90 Å². The summed E-state index contributed by atoms with van der Waals surface area (Å²) in [6.45, 7) is 0. The number of halogens is 1. The highest BCUT2D eigenvalue weighted by Crippen LogP contribution is 2.21. The Morgan fingerprint density at radius 1 is 1.42 bits per heavy atom. The summed E-state index contributed by atoms with van der Waals surface area (Å²) in [7, 11) is 3.46. The predicted molar refractivity (Wildman–Crippen MR) is 49.8 cm³/mol. The average molecular weight is 225 g/mol. The molecule has 0 amide bonds. The molecule has 1 atom stereocenters. The first-order valence-electron chi connectivity index (χ1n) is 2.95. The van der Waals surface area contributed by atoms with Gasteiger partial charge in [-0.05, 0) is 12.1 Å². The Morgan fingerprint density at radius 3 is 2.58 bits per heavy atom. The van der Waals surface area contributed by atoms with E-state index in [1.54, 1.807) is 12.1 Å². The lowest BCUT2D eigenvalue weighted by molar-refractivity contribution is 0.607. The van der Waals surface area contributed by atoms with Gasteiger partial charge in [0.25, 0.3) is 9.05 Å². The summed E-state index contributed by atoms with van der Waals surface area (Å²) in [5.74, 6) is 0.432. The number of hydrogen-bond donors (Lipinski definition) is 0. The molecule has 0 aliphatic rings. The van der Waals surface area contributed by atoms with Crippen molar-refractivity contribution in [2.24, 2.45) is 0 Å². The Bertz CT molecular complexity index is 376.